The van der Waals surface area contributed by atoms with Crippen LogP contribution in [0.1, 0.15) is 62.1 Å². The minimum Gasteiger partial charge on any atom is -0.481 e. The van der Waals surface area contributed by atoms with Crippen molar-refractivity contribution in [2.75, 3.05) is 13.1 Å². The van der Waals surface area contributed by atoms with Crippen molar-refractivity contribution in [2.24, 2.45) is 17.8 Å². The summed E-state index contributed by atoms with van der Waals surface area (Å²) in [5.74, 6) is 0.857. The van der Waals surface area contributed by atoms with Crippen molar-refractivity contribution < 1.29 is 9.90 Å². The van der Waals surface area contributed by atoms with Gasteiger partial charge < -0.3 is 5.11 Å². The first-order valence-corrected chi connectivity index (χ1v) is 9.19. The van der Waals surface area contributed by atoms with Gasteiger partial charge >= 0.3 is 5.97 Å². The largest absolute Gasteiger partial charge is 0.481 e. The van der Waals surface area contributed by atoms with Gasteiger partial charge in [-0.1, -0.05) is 19.3 Å². The van der Waals surface area contributed by atoms with Crippen LogP contribution in [0.15, 0.2) is 6.20 Å². The van der Waals surface area contributed by atoms with E-state index in [0.29, 0.717) is 24.3 Å². The molecule has 2 saturated carbocycles. The highest BCUT2D eigenvalue weighted by Crippen LogP contribution is 2.44. The average molecular weight is 317 g/mol. The Morgan fingerprint density at radius 2 is 2.00 bits per heavy atom. The molecule has 0 amide bonds. The number of carboxylic acid groups (broad SMARTS) is 1. The van der Waals surface area contributed by atoms with Crippen LogP contribution < -0.4 is 0 Å². The van der Waals surface area contributed by atoms with E-state index in [2.05, 4.69) is 15.1 Å². The highest BCUT2D eigenvalue weighted by Gasteiger charge is 2.45. The molecule has 1 aliphatic heterocycles. The molecule has 5 heteroatoms. The maximum atomic E-state index is 11.6. The zero-order chi connectivity index (χ0) is 15.8. The zero-order valence-electron chi connectivity index (χ0n) is 13.7. The summed E-state index contributed by atoms with van der Waals surface area (Å²) in [5, 5.41) is 17.0. The molecular weight excluding hydrogens is 290 g/mol. The number of aromatic nitrogens is 2. The molecule has 126 valence electrons. The van der Waals surface area contributed by atoms with Gasteiger partial charge in [0.2, 0.25) is 0 Å². The summed E-state index contributed by atoms with van der Waals surface area (Å²) in [6.45, 7) is 2.50. The van der Waals surface area contributed by atoms with E-state index >= 15 is 0 Å². The minimum absolute atomic E-state index is 0.174. The molecule has 2 N–H and O–H groups in total. The van der Waals surface area contributed by atoms with Crippen LogP contribution in [0.4, 0.5) is 0 Å². The molecule has 2 heterocycles. The van der Waals surface area contributed by atoms with Crippen LogP contribution in [0.25, 0.3) is 0 Å². The lowest BCUT2D eigenvalue weighted by Gasteiger charge is -2.23. The molecule has 0 spiro atoms. The predicted octanol–water partition coefficient (Wildman–Crippen LogP) is 3.00. The van der Waals surface area contributed by atoms with Crippen molar-refractivity contribution >= 4 is 5.97 Å². The molecule has 1 aromatic rings. The Balaban J connectivity index is 1.44. The Hall–Kier alpha value is -1.36. The van der Waals surface area contributed by atoms with E-state index in [-0.39, 0.29) is 5.92 Å². The molecule has 4 rings (SSSR count). The maximum absolute atomic E-state index is 11.6. The number of hydrogen-bond acceptors (Lipinski definition) is 3. The maximum Gasteiger partial charge on any atom is 0.308 e. The smallest absolute Gasteiger partial charge is 0.308 e. The molecule has 2 atom stereocenters. The van der Waals surface area contributed by atoms with Gasteiger partial charge in [-0.25, -0.2) is 0 Å². The normalized spacial score (nSPS) is 29.9. The van der Waals surface area contributed by atoms with Crippen LogP contribution in [-0.4, -0.2) is 39.3 Å². The Morgan fingerprint density at radius 1 is 1.22 bits per heavy atom. The summed E-state index contributed by atoms with van der Waals surface area (Å²) in [6, 6.07) is 0. The lowest BCUT2D eigenvalue weighted by molar-refractivity contribution is -0.142. The highest BCUT2D eigenvalue weighted by atomic mass is 16.4. The third-order valence-corrected chi connectivity index (χ3v) is 6.14. The number of aromatic amines is 1. The Labute approximate surface area is 137 Å². The molecule has 23 heavy (non-hydrogen) atoms. The van der Waals surface area contributed by atoms with Crippen molar-refractivity contribution in [3.63, 3.8) is 0 Å². The van der Waals surface area contributed by atoms with Crippen LogP contribution in [0, 0.1) is 17.8 Å². The molecule has 0 aromatic carbocycles. The standard InChI is InChI=1S/C18H27N3O2/c22-18(23)16-11-21(10-15(16)12-6-7-12)9-14-8-19-20-17(14)13-4-2-1-3-5-13/h8,12-13,15-16H,1-7,9-11H2,(H,19,20)(H,22,23)/t15-,16+/m0/s1. The van der Waals surface area contributed by atoms with Gasteiger partial charge in [0.1, 0.15) is 0 Å². The number of aliphatic carboxylic acids is 1. The highest BCUT2D eigenvalue weighted by molar-refractivity contribution is 5.71. The topological polar surface area (TPSA) is 69.2 Å². The van der Waals surface area contributed by atoms with Crippen LogP contribution >= 0.6 is 0 Å². The van der Waals surface area contributed by atoms with Crippen molar-refractivity contribution in [1.82, 2.24) is 15.1 Å². The molecule has 3 fully saturated rings. The first-order chi connectivity index (χ1) is 11.2. The number of nitrogens with zero attached hydrogens (tertiary/aromatic N) is 2. The fraction of sp³-hybridized carbons (Fsp3) is 0.778. The fourth-order valence-corrected chi connectivity index (χ4v) is 4.74. The minimum atomic E-state index is -0.607. The third kappa shape index (κ3) is 3.16. The summed E-state index contributed by atoms with van der Waals surface area (Å²) in [4.78, 5) is 13.9. The third-order valence-electron chi connectivity index (χ3n) is 6.14. The number of hydrogen-bond donors (Lipinski definition) is 2. The van der Waals surface area contributed by atoms with E-state index in [1.54, 1.807) is 0 Å². The van der Waals surface area contributed by atoms with Gasteiger partial charge in [-0.05, 0) is 37.5 Å². The van der Waals surface area contributed by atoms with Crippen molar-refractivity contribution in [2.45, 2.75) is 57.4 Å². The lowest BCUT2D eigenvalue weighted by atomic mass is 9.85. The van der Waals surface area contributed by atoms with Crippen molar-refractivity contribution in [3.05, 3.63) is 17.5 Å². The van der Waals surface area contributed by atoms with E-state index in [0.717, 1.165) is 13.1 Å². The first-order valence-electron chi connectivity index (χ1n) is 9.19. The second-order valence-electron chi connectivity index (χ2n) is 7.78. The molecule has 3 aliphatic rings. The molecule has 2 aliphatic carbocycles. The summed E-state index contributed by atoms with van der Waals surface area (Å²) in [6.07, 6.45) is 10.9. The van der Waals surface area contributed by atoms with E-state index in [4.69, 9.17) is 0 Å². The van der Waals surface area contributed by atoms with E-state index in [1.165, 1.54) is 56.2 Å². The number of carboxylic acids is 1. The fourth-order valence-electron chi connectivity index (χ4n) is 4.74. The predicted molar refractivity (Wildman–Crippen MR) is 87.0 cm³/mol. The zero-order valence-corrected chi connectivity index (χ0v) is 13.7. The summed E-state index contributed by atoms with van der Waals surface area (Å²) >= 11 is 0. The van der Waals surface area contributed by atoms with Crippen LogP contribution in [0.3, 0.4) is 0 Å². The van der Waals surface area contributed by atoms with Crippen LogP contribution in [0.2, 0.25) is 0 Å². The van der Waals surface area contributed by atoms with Crippen molar-refractivity contribution in [1.29, 1.82) is 0 Å². The van der Waals surface area contributed by atoms with Gasteiger partial charge in [-0.15, -0.1) is 0 Å². The van der Waals surface area contributed by atoms with E-state index in [9.17, 15) is 9.90 Å². The summed E-state index contributed by atoms with van der Waals surface area (Å²) < 4.78 is 0. The van der Waals surface area contributed by atoms with Gasteiger partial charge in [0.25, 0.3) is 0 Å². The number of likely N-dealkylation sites (tertiary alicyclic amines) is 1. The average Bonchev–Trinajstić information content (AvgIpc) is 3.15. The molecule has 0 unspecified atom stereocenters. The second kappa shape index (κ2) is 6.27. The molecule has 1 saturated heterocycles. The number of carbonyl (C=O) groups is 1. The number of rotatable bonds is 5. The second-order valence-corrected chi connectivity index (χ2v) is 7.78. The van der Waals surface area contributed by atoms with E-state index < -0.39 is 5.97 Å². The lowest BCUT2D eigenvalue weighted by Crippen LogP contribution is -2.24. The van der Waals surface area contributed by atoms with Gasteiger partial charge in [0.05, 0.1) is 12.1 Å². The number of H-pyrrole nitrogens is 1. The van der Waals surface area contributed by atoms with Gasteiger partial charge in [-0.3, -0.25) is 14.8 Å². The molecule has 0 radical (unpaired) electrons. The Bertz CT molecular complexity index is 560. The van der Waals surface area contributed by atoms with Crippen LogP contribution in [-0.2, 0) is 11.3 Å². The summed E-state index contributed by atoms with van der Waals surface area (Å²) in [7, 11) is 0. The van der Waals surface area contributed by atoms with Crippen molar-refractivity contribution in [3.8, 4) is 0 Å². The number of nitrogens with one attached hydrogen (secondary N) is 1. The molecule has 1 aromatic heterocycles. The van der Waals surface area contributed by atoms with Gasteiger partial charge in [-0.2, -0.15) is 5.10 Å². The SMILES string of the molecule is O=C(O)[C@@H]1CN(Cc2cn[nH]c2C2CCCCC2)C[C@H]1C1CC1. The molecule has 5 nitrogen and oxygen atoms in total. The van der Waals surface area contributed by atoms with Gasteiger partial charge in [0, 0.05) is 36.8 Å². The van der Waals surface area contributed by atoms with Crippen LogP contribution in [0.5, 0.6) is 0 Å². The molecule has 0 bridgehead atoms. The Kier molecular flexibility index (Phi) is 4.14. The summed E-state index contributed by atoms with van der Waals surface area (Å²) in [5.41, 5.74) is 2.60. The molecular formula is C18H27N3O2. The monoisotopic (exact) mass is 317 g/mol. The van der Waals surface area contributed by atoms with Gasteiger partial charge in [0.15, 0.2) is 0 Å². The van der Waals surface area contributed by atoms with E-state index in [1.807, 2.05) is 6.20 Å². The Morgan fingerprint density at radius 3 is 2.70 bits per heavy atom. The quantitative estimate of drug-likeness (QED) is 0.876. The first kappa shape index (κ1) is 15.2.